The summed E-state index contributed by atoms with van der Waals surface area (Å²) in [6.45, 7) is 10.4. The van der Waals surface area contributed by atoms with Crippen LogP contribution in [-0.2, 0) is 10.0 Å². The van der Waals surface area contributed by atoms with Crippen molar-refractivity contribution in [3.63, 3.8) is 0 Å². The molecule has 0 aromatic heterocycles. The molecule has 1 aliphatic rings. The van der Waals surface area contributed by atoms with Gasteiger partial charge in [-0.05, 0) is 74.6 Å². The Labute approximate surface area is 172 Å². The summed E-state index contributed by atoms with van der Waals surface area (Å²) in [7, 11) is -3.65. The highest BCUT2D eigenvalue weighted by Gasteiger charge is 2.33. The van der Waals surface area contributed by atoms with Gasteiger partial charge < -0.3 is 10.0 Å². The van der Waals surface area contributed by atoms with Crippen LogP contribution >= 0.6 is 0 Å². The number of piperazine rings is 1. The Morgan fingerprint density at radius 2 is 1.45 bits per heavy atom. The zero-order valence-corrected chi connectivity index (χ0v) is 18.4. The van der Waals surface area contributed by atoms with Crippen molar-refractivity contribution in [3.05, 3.63) is 57.6 Å². The summed E-state index contributed by atoms with van der Waals surface area (Å²) in [5.74, 6) is -0.329. The van der Waals surface area contributed by atoms with Crippen LogP contribution in [0.2, 0.25) is 0 Å². The normalized spacial score (nSPS) is 15.6. The molecule has 0 aliphatic carbocycles. The maximum Gasteiger partial charge on any atom is 0.257 e. The van der Waals surface area contributed by atoms with E-state index >= 15 is 0 Å². The van der Waals surface area contributed by atoms with Crippen LogP contribution in [0.25, 0.3) is 0 Å². The smallest absolute Gasteiger partial charge is 0.257 e. The molecule has 7 heteroatoms. The van der Waals surface area contributed by atoms with E-state index in [1.54, 1.807) is 23.1 Å². The monoisotopic (exact) mass is 416 g/mol. The van der Waals surface area contributed by atoms with Crippen LogP contribution in [0.3, 0.4) is 0 Å². The number of phenols is 1. The van der Waals surface area contributed by atoms with Gasteiger partial charge in [-0.1, -0.05) is 12.1 Å². The van der Waals surface area contributed by atoms with Crippen molar-refractivity contribution in [2.75, 3.05) is 26.2 Å². The van der Waals surface area contributed by atoms with E-state index in [-0.39, 0.29) is 43.4 Å². The molecule has 0 bridgehead atoms. The largest absolute Gasteiger partial charge is 0.507 e. The van der Waals surface area contributed by atoms with Gasteiger partial charge in [0.1, 0.15) is 5.75 Å². The zero-order valence-electron chi connectivity index (χ0n) is 17.6. The summed E-state index contributed by atoms with van der Waals surface area (Å²) in [5.41, 5.74) is 4.57. The first-order chi connectivity index (χ1) is 13.5. The van der Waals surface area contributed by atoms with Gasteiger partial charge in [-0.2, -0.15) is 4.31 Å². The van der Waals surface area contributed by atoms with Crippen molar-refractivity contribution in [1.82, 2.24) is 9.21 Å². The number of phenolic OH excluding ortho intramolecular Hbond substituents is 1. The number of benzene rings is 2. The molecular formula is C22H28N2O4S. The molecule has 3 rings (SSSR count). The maximum absolute atomic E-state index is 13.4. The van der Waals surface area contributed by atoms with Crippen molar-refractivity contribution in [2.24, 2.45) is 0 Å². The summed E-state index contributed by atoms with van der Waals surface area (Å²) in [6.07, 6.45) is 0. The number of carbonyl (C=O) groups excluding carboxylic acids is 1. The minimum atomic E-state index is -3.65. The second kappa shape index (κ2) is 7.80. The van der Waals surface area contributed by atoms with E-state index in [0.717, 1.165) is 27.8 Å². The number of hydrogen-bond acceptors (Lipinski definition) is 4. The molecule has 1 saturated heterocycles. The number of sulfonamides is 1. The van der Waals surface area contributed by atoms with Gasteiger partial charge in [0, 0.05) is 26.2 Å². The summed E-state index contributed by atoms with van der Waals surface area (Å²) < 4.78 is 28.2. The average Bonchev–Trinajstić information content (AvgIpc) is 2.66. The van der Waals surface area contributed by atoms with Gasteiger partial charge in [-0.15, -0.1) is 0 Å². The van der Waals surface area contributed by atoms with Gasteiger partial charge in [-0.3, -0.25) is 4.79 Å². The van der Waals surface area contributed by atoms with E-state index < -0.39 is 10.0 Å². The first-order valence-corrected chi connectivity index (χ1v) is 11.1. The zero-order chi connectivity index (χ0) is 21.5. The van der Waals surface area contributed by atoms with Gasteiger partial charge in [0.25, 0.3) is 5.91 Å². The summed E-state index contributed by atoms with van der Waals surface area (Å²) in [4.78, 5) is 14.7. The molecule has 1 heterocycles. The Kier molecular flexibility index (Phi) is 5.74. The molecular weight excluding hydrogens is 388 g/mol. The van der Waals surface area contributed by atoms with Crippen molar-refractivity contribution < 1.29 is 18.3 Å². The highest BCUT2D eigenvalue weighted by Crippen LogP contribution is 2.29. The molecule has 0 saturated carbocycles. The standard InChI is InChI=1S/C22H28N2O4S/c1-14-6-7-19(20(25)12-14)22(26)23-8-10-24(11-9-23)29(27,28)21-17(4)15(2)13-16(3)18(21)5/h6-7,12-13,25H,8-11H2,1-5H3. The number of aromatic hydroxyl groups is 1. The number of aryl methyl sites for hydroxylation is 3. The van der Waals surface area contributed by atoms with Crippen molar-refractivity contribution in [2.45, 2.75) is 39.5 Å². The van der Waals surface area contributed by atoms with Crippen LogP contribution in [0.1, 0.15) is 38.2 Å². The Bertz CT molecular complexity index is 1040. The second-order valence-corrected chi connectivity index (χ2v) is 9.68. The molecule has 0 unspecified atom stereocenters. The van der Waals surface area contributed by atoms with Gasteiger partial charge in [0.15, 0.2) is 0 Å². The van der Waals surface area contributed by atoms with Crippen molar-refractivity contribution in [3.8, 4) is 5.75 Å². The molecule has 0 radical (unpaired) electrons. The lowest BCUT2D eigenvalue weighted by Crippen LogP contribution is -2.50. The van der Waals surface area contributed by atoms with E-state index in [0.29, 0.717) is 4.90 Å². The van der Waals surface area contributed by atoms with Gasteiger partial charge in [0.05, 0.1) is 10.5 Å². The molecule has 1 aliphatic heterocycles. The highest BCUT2D eigenvalue weighted by atomic mass is 32.2. The molecule has 2 aromatic rings. The molecule has 156 valence electrons. The Morgan fingerprint density at radius 1 is 0.897 bits per heavy atom. The second-order valence-electron chi connectivity index (χ2n) is 7.81. The molecule has 1 fully saturated rings. The predicted molar refractivity (Wildman–Crippen MR) is 113 cm³/mol. The fourth-order valence-corrected chi connectivity index (χ4v) is 5.82. The Morgan fingerprint density at radius 3 is 1.97 bits per heavy atom. The highest BCUT2D eigenvalue weighted by molar-refractivity contribution is 7.89. The fraction of sp³-hybridized carbons (Fsp3) is 0.409. The van der Waals surface area contributed by atoms with Crippen LogP contribution < -0.4 is 0 Å². The van der Waals surface area contributed by atoms with E-state index in [4.69, 9.17) is 0 Å². The SMILES string of the molecule is Cc1ccc(C(=O)N2CCN(S(=O)(=O)c3c(C)c(C)cc(C)c3C)CC2)c(O)c1. The molecule has 2 aromatic carbocycles. The third kappa shape index (κ3) is 3.89. The lowest BCUT2D eigenvalue weighted by Gasteiger charge is -2.35. The van der Waals surface area contributed by atoms with Gasteiger partial charge in [0.2, 0.25) is 10.0 Å². The summed E-state index contributed by atoms with van der Waals surface area (Å²) in [5, 5.41) is 10.1. The van der Waals surface area contributed by atoms with Crippen molar-refractivity contribution >= 4 is 15.9 Å². The first-order valence-electron chi connectivity index (χ1n) is 9.70. The molecule has 29 heavy (non-hydrogen) atoms. The molecule has 1 N–H and O–H groups in total. The van der Waals surface area contributed by atoms with Crippen LogP contribution in [0.4, 0.5) is 0 Å². The Hall–Kier alpha value is -2.38. The molecule has 1 amide bonds. The summed E-state index contributed by atoms with van der Waals surface area (Å²) >= 11 is 0. The van der Waals surface area contributed by atoms with E-state index in [1.165, 1.54) is 4.31 Å². The topological polar surface area (TPSA) is 77.9 Å². The molecule has 6 nitrogen and oxygen atoms in total. The lowest BCUT2D eigenvalue weighted by molar-refractivity contribution is 0.0695. The summed E-state index contributed by atoms with van der Waals surface area (Å²) in [6, 6.07) is 6.95. The number of rotatable bonds is 3. The predicted octanol–water partition coefficient (Wildman–Crippen LogP) is 3.08. The average molecular weight is 417 g/mol. The van der Waals surface area contributed by atoms with Crippen LogP contribution in [0, 0.1) is 34.6 Å². The molecule has 0 atom stereocenters. The number of nitrogens with zero attached hydrogens (tertiary/aromatic N) is 2. The number of amides is 1. The number of hydrogen-bond donors (Lipinski definition) is 1. The minimum Gasteiger partial charge on any atom is -0.507 e. The minimum absolute atomic E-state index is 0.0495. The van der Waals surface area contributed by atoms with Gasteiger partial charge in [-0.25, -0.2) is 8.42 Å². The van der Waals surface area contributed by atoms with Crippen LogP contribution in [0.15, 0.2) is 29.2 Å². The first kappa shape index (κ1) is 21.3. The van der Waals surface area contributed by atoms with Crippen LogP contribution in [0.5, 0.6) is 5.75 Å². The quantitative estimate of drug-likeness (QED) is 0.834. The Balaban J connectivity index is 1.81. The lowest BCUT2D eigenvalue weighted by atomic mass is 10.0. The molecule has 0 spiro atoms. The third-order valence-electron chi connectivity index (χ3n) is 5.80. The maximum atomic E-state index is 13.4. The number of carbonyl (C=O) groups is 1. The van der Waals surface area contributed by atoms with E-state index in [9.17, 15) is 18.3 Å². The van der Waals surface area contributed by atoms with E-state index in [1.807, 2.05) is 40.7 Å². The van der Waals surface area contributed by atoms with Crippen molar-refractivity contribution in [1.29, 1.82) is 0 Å². The van der Waals surface area contributed by atoms with E-state index in [2.05, 4.69) is 0 Å². The third-order valence-corrected chi connectivity index (χ3v) is 7.98. The van der Waals surface area contributed by atoms with Gasteiger partial charge >= 0.3 is 0 Å². The van der Waals surface area contributed by atoms with Crippen LogP contribution in [-0.4, -0.2) is 54.8 Å². The fourth-order valence-electron chi connectivity index (χ4n) is 3.82.